The molecule has 0 fully saturated rings. The largest absolute Gasteiger partial charge is 0.477 e. The second-order valence-corrected chi connectivity index (χ2v) is 4.98. The van der Waals surface area contributed by atoms with Gasteiger partial charge in [-0.1, -0.05) is 15.9 Å². The van der Waals surface area contributed by atoms with Crippen LogP contribution in [0.2, 0.25) is 0 Å². The lowest BCUT2D eigenvalue weighted by molar-refractivity contribution is 0.0693. The van der Waals surface area contributed by atoms with Gasteiger partial charge in [0, 0.05) is 10.2 Å². The molecule has 1 N–H and O–H groups in total. The van der Waals surface area contributed by atoms with E-state index < -0.39 is 5.97 Å². The van der Waals surface area contributed by atoms with E-state index in [9.17, 15) is 4.79 Å². The van der Waals surface area contributed by atoms with Crippen LogP contribution < -0.4 is 4.74 Å². The normalized spacial score (nSPS) is 10.3. The fourth-order valence-electron chi connectivity index (χ4n) is 1.57. The van der Waals surface area contributed by atoms with Gasteiger partial charge in [0.1, 0.15) is 11.3 Å². The molecule has 0 saturated carbocycles. The number of aromatic carboxylic acids is 1. The molecule has 0 bridgehead atoms. The van der Waals surface area contributed by atoms with Gasteiger partial charge in [0.15, 0.2) is 0 Å². The molecule has 0 atom stereocenters. The van der Waals surface area contributed by atoms with Crippen LogP contribution in [0.1, 0.15) is 21.6 Å². The number of carboxylic acids is 1. The monoisotopic (exact) mass is 321 g/mol. The summed E-state index contributed by atoms with van der Waals surface area (Å²) >= 11 is 3.40. The van der Waals surface area contributed by atoms with E-state index >= 15 is 0 Å². The third-order valence-electron chi connectivity index (χ3n) is 2.57. The van der Waals surface area contributed by atoms with Crippen molar-refractivity contribution in [1.82, 2.24) is 4.98 Å². The molecule has 0 aliphatic rings. The molecule has 1 aromatic heterocycles. The van der Waals surface area contributed by atoms with E-state index in [-0.39, 0.29) is 11.4 Å². The molecule has 19 heavy (non-hydrogen) atoms. The molecule has 4 nitrogen and oxygen atoms in total. The molecule has 0 aliphatic heterocycles. The number of pyridine rings is 1. The number of aryl methyl sites for hydroxylation is 2. The summed E-state index contributed by atoms with van der Waals surface area (Å²) < 4.78 is 6.54. The fourth-order valence-corrected chi connectivity index (χ4v) is 1.81. The van der Waals surface area contributed by atoms with Gasteiger partial charge in [0.05, 0.1) is 0 Å². The Labute approximate surface area is 119 Å². The summed E-state index contributed by atoms with van der Waals surface area (Å²) in [5.41, 5.74) is 1.75. The second-order valence-electron chi connectivity index (χ2n) is 4.12. The van der Waals surface area contributed by atoms with Crippen molar-refractivity contribution in [2.24, 2.45) is 0 Å². The van der Waals surface area contributed by atoms with Crippen LogP contribution in [0.4, 0.5) is 0 Å². The van der Waals surface area contributed by atoms with Crippen molar-refractivity contribution in [3.05, 3.63) is 51.6 Å². The van der Waals surface area contributed by atoms with E-state index in [2.05, 4.69) is 20.9 Å². The Morgan fingerprint density at radius 3 is 2.63 bits per heavy atom. The van der Waals surface area contributed by atoms with Crippen molar-refractivity contribution < 1.29 is 14.6 Å². The SMILES string of the molecule is Cc1ccc(C(=O)O)c(Oc2ccc(Br)c(C)c2)n1. The lowest BCUT2D eigenvalue weighted by Gasteiger charge is -2.09. The van der Waals surface area contributed by atoms with Gasteiger partial charge in [-0.15, -0.1) is 0 Å². The number of hydrogen-bond donors (Lipinski definition) is 1. The summed E-state index contributed by atoms with van der Waals surface area (Å²) in [6, 6.07) is 8.56. The van der Waals surface area contributed by atoms with Crippen LogP contribution in [0.15, 0.2) is 34.8 Å². The van der Waals surface area contributed by atoms with Crippen LogP contribution in [0.25, 0.3) is 0 Å². The van der Waals surface area contributed by atoms with Gasteiger partial charge in [-0.25, -0.2) is 9.78 Å². The Morgan fingerprint density at radius 1 is 1.26 bits per heavy atom. The van der Waals surface area contributed by atoms with Gasteiger partial charge >= 0.3 is 5.97 Å². The van der Waals surface area contributed by atoms with Crippen LogP contribution in [-0.2, 0) is 0 Å². The van der Waals surface area contributed by atoms with Crippen molar-refractivity contribution >= 4 is 21.9 Å². The third-order valence-corrected chi connectivity index (χ3v) is 3.46. The van der Waals surface area contributed by atoms with E-state index in [0.29, 0.717) is 11.4 Å². The van der Waals surface area contributed by atoms with Crippen LogP contribution in [0.3, 0.4) is 0 Å². The summed E-state index contributed by atoms with van der Waals surface area (Å²) in [5, 5.41) is 9.11. The average molecular weight is 322 g/mol. The standard InChI is InChI=1S/C14H12BrNO3/c1-8-7-10(4-6-12(8)15)19-13-11(14(17)18)5-3-9(2)16-13/h3-7H,1-2H3,(H,17,18). The first kappa shape index (κ1) is 13.5. The molecule has 0 amide bonds. The average Bonchev–Trinajstić information content (AvgIpc) is 2.33. The van der Waals surface area contributed by atoms with Crippen LogP contribution in [0, 0.1) is 13.8 Å². The lowest BCUT2D eigenvalue weighted by Crippen LogP contribution is -2.02. The highest BCUT2D eigenvalue weighted by Crippen LogP contribution is 2.27. The van der Waals surface area contributed by atoms with Gasteiger partial charge in [-0.2, -0.15) is 0 Å². The zero-order chi connectivity index (χ0) is 14.0. The highest BCUT2D eigenvalue weighted by Gasteiger charge is 2.14. The van der Waals surface area contributed by atoms with E-state index in [4.69, 9.17) is 9.84 Å². The van der Waals surface area contributed by atoms with Crippen molar-refractivity contribution in [2.75, 3.05) is 0 Å². The van der Waals surface area contributed by atoms with Gasteiger partial charge in [0.2, 0.25) is 5.88 Å². The molecule has 0 spiro atoms. The van der Waals surface area contributed by atoms with Crippen molar-refractivity contribution in [3.8, 4) is 11.6 Å². The number of benzene rings is 1. The van der Waals surface area contributed by atoms with Crippen molar-refractivity contribution in [2.45, 2.75) is 13.8 Å². The molecule has 0 unspecified atom stereocenters. The van der Waals surface area contributed by atoms with Crippen LogP contribution >= 0.6 is 15.9 Å². The molecule has 98 valence electrons. The van der Waals surface area contributed by atoms with Gasteiger partial charge in [-0.3, -0.25) is 0 Å². The second kappa shape index (κ2) is 5.40. The number of halogens is 1. The maximum absolute atomic E-state index is 11.1. The number of rotatable bonds is 3. The Hall–Kier alpha value is -1.88. The van der Waals surface area contributed by atoms with E-state index in [0.717, 1.165) is 10.0 Å². The molecule has 1 heterocycles. The molecule has 1 aromatic carbocycles. The van der Waals surface area contributed by atoms with E-state index in [1.165, 1.54) is 6.07 Å². The summed E-state index contributed by atoms with van der Waals surface area (Å²) in [6.45, 7) is 3.71. The Bertz CT molecular complexity index is 641. The molecule has 0 saturated heterocycles. The summed E-state index contributed by atoms with van der Waals surface area (Å²) in [4.78, 5) is 15.2. The molecule has 0 aliphatic carbocycles. The maximum Gasteiger partial charge on any atom is 0.341 e. The number of aromatic nitrogens is 1. The third kappa shape index (κ3) is 3.12. The van der Waals surface area contributed by atoms with Gasteiger partial charge in [0.25, 0.3) is 0 Å². The number of nitrogens with zero attached hydrogens (tertiary/aromatic N) is 1. The number of ether oxygens (including phenoxy) is 1. The van der Waals surface area contributed by atoms with Crippen LogP contribution in [-0.4, -0.2) is 16.1 Å². The zero-order valence-corrected chi connectivity index (χ0v) is 12.1. The van der Waals surface area contributed by atoms with E-state index in [1.807, 2.05) is 19.1 Å². The van der Waals surface area contributed by atoms with Crippen LogP contribution in [0.5, 0.6) is 11.6 Å². The lowest BCUT2D eigenvalue weighted by atomic mass is 10.2. The smallest absolute Gasteiger partial charge is 0.341 e. The highest BCUT2D eigenvalue weighted by atomic mass is 79.9. The minimum Gasteiger partial charge on any atom is -0.477 e. The number of hydrogen-bond acceptors (Lipinski definition) is 3. The minimum atomic E-state index is -1.06. The zero-order valence-electron chi connectivity index (χ0n) is 10.5. The highest BCUT2D eigenvalue weighted by molar-refractivity contribution is 9.10. The molecule has 2 aromatic rings. The van der Waals surface area contributed by atoms with Crippen molar-refractivity contribution in [3.63, 3.8) is 0 Å². The first-order valence-electron chi connectivity index (χ1n) is 5.62. The molecule has 0 radical (unpaired) electrons. The van der Waals surface area contributed by atoms with Gasteiger partial charge < -0.3 is 9.84 Å². The molecule has 2 rings (SSSR count). The summed E-state index contributed by atoms with van der Waals surface area (Å²) in [7, 11) is 0. The van der Waals surface area contributed by atoms with E-state index in [1.54, 1.807) is 19.1 Å². The molecular formula is C14H12BrNO3. The Morgan fingerprint density at radius 2 is 2.00 bits per heavy atom. The van der Waals surface area contributed by atoms with Crippen molar-refractivity contribution in [1.29, 1.82) is 0 Å². The fraction of sp³-hybridized carbons (Fsp3) is 0.143. The summed E-state index contributed by atoms with van der Waals surface area (Å²) in [5.74, 6) is -0.396. The molecule has 5 heteroatoms. The first-order valence-corrected chi connectivity index (χ1v) is 6.41. The number of carboxylic acid groups (broad SMARTS) is 1. The Balaban J connectivity index is 2.39. The summed E-state index contributed by atoms with van der Waals surface area (Å²) in [6.07, 6.45) is 0. The predicted molar refractivity (Wildman–Crippen MR) is 74.9 cm³/mol. The quantitative estimate of drug-likeness (QED) is 0.929. The van der Waals surface area contributed by atoms with Gasteiger partial charge in [-0.05, 0) is 49.7 Å². The predicted octanol–water partition coefficient (Wildman–Crippen LogP) is 3.95. The topological polar surface area (TPSA) is 59.4 Å². The number of carbonyl (C=O) groups is 1. The minimum absolute atomic E-state index is 0.0474. The maximum atomic E-state index is 11.1. The molecular weight excluding hydrogens is 310 g/mol. The Kier molecular flexibility index (Phi) is 3.85. The first-order chi connectivity index (χ1) is 8.97.